The van der Waals surface area contributed by atoms with E-state index in [-0.39, 0.29) is 11.7 Å². The molecule has 4 nitrogen and oxygen atoms in total. The molecule has 0 aliphatic carbocycles. The highest BCUT2D eigenvalue weighted by molar-refractivity contribution is 9.10. The fourth-order valence-corrected chi connectivity index (χ4v) is 2.08. The first kappa shape index (κ1) is 16.8. The Bertz CT molecular complexity index is 444. The molecule has 0 saturated carbocycles. The van der Waals surface area contributed by atoms with Crippen molar-refractivity contribution in [3.63, 3.8) is 0 Å². The summed E-state index contributed by atoms with van der Waals surface area (Å²) in [5, 5.41) is 3.12. The Morgan fingerprint density at radius 2 is 2.15 bits per heavy atom. The molecule has 0 unspecified atom stereocenters. The van der Waals surface area contributed by atoms with Gasteiger partial charge in [-0.3, -0.25) is 4.79 Å². The predicted molar refractivity (Wildman–Crippen MR) is 75.5 cm³/mol. The third kappa shape index (κ3) is 6.81. The highest BCUT2D eigenvalue weighted by atomic mass is 79.9. The molecule has 0 spiro atoms. The number of ether oxygens (including phenoxy) is 1. The van der Waals surface area contributed by atoms with Gasteiger partial charge in [-0.15, -0.1) is 0 Å². The number of nitrogens with one attached hydrogen (secondary N) is 1. The van der Waals surface area contributed by atoms with Crippen LogP contribution < -0.4 is 15.8 Å². The number of rotatable bonds is 9. The Morgan fingerprint density at radius 3 is 2.80 bits per heavy atom. The van der Waals surface area contributed by atoms with Gasteiger partial charge in [-0.1, -0.05) is 15.9 Å². The molecular formula is C13H17BrF2N2O2. The van der Waals surface area contributed by atoms with Crippen LogP contribution in [0.5, 0.6) is 5.75 Å². The number of carbonyl (C=O) groups is 1. The SMILES string of the molecule is NC(=O)CCCCNCc1cc(Br)ccc1OC(F)F. The fourth-order valence-electron chi connectivity index (χ4n) is 1.67. The van der Waals surface area contributed by atoms with Crippen LogP contribution in [0.15, 0.2) is 22.7 Å². The van der Waals surface area contributed by atoms with Crippen LogP contribution in [0.4, 0.5) is 8.78 Å². The van der Waals surface area contributed by atoms with E-state index < -0.39 is 6.61 Å². The molecule has 3 N–H and O–H groups in total. The van der Waals surface area contributed by atoms with E-state index in [9.17, 15) is 13.6 Å². The molecule has 0 radical (unpaired) electrons. The summed E-state index contributed by atoms with van der Waals surface area (Å²) in [6.07, 6.45) is 1.86. The Morgan fingerprint density at radius 1 is 1.40 bits per heavy atom. The van der Waals surface area contributed by atoms with Gasteiger partial charge in [0.15, 0.2) is 0 Å². The summed E-state index contributed by atoms with van der Waals surface area (Å²) in [6.45, 7) is -1.75. The van der Waals surface area contributed by atoms with Crippen LogP contribution >= 0.6 is 15.9 Å². The monoisotopic (exact) mass is 350 g/mol. The van der Waals surface area contributed by atoms with Crippen molar-refractivity contribution in [2.75, 3.05) is 6.54 Å². The number of hydrogen-bond donors (Lipinski definition) is 2. The lowest BCUT2D eigenvalue weighted by Gasteiger charge is -2.12. The van der Waals surface area contributed by atoms with Gasteiger partial charge >= 0.3 is 6.61 Å². The van der Waals surface area contributed by atoms with Gasteiger partial charge in [-0.05, 0) is 37.6 Å². The van der Waals surface area contributed by atoms with Gasteiger partial charge in [0.25, 0.3) is 0 Å². The molecule has 20 heavy (non-hydrogen) atoms. The van der Waals surface area contributed by atoms with Crippen LogP contribution in [-0.4, -0.2) is 19.1 Å². The third-order valence-electron chi connectivity index (χ3n) is 2.58. The lowest BCUT2D eigenvalue weighted by atomic mass is 10.2. The summed E-state index contributed by atoms with van der Waals surface area (Å²) >= 11 is 3.29. The smallest absolute Gasteiger partial charge is 0.387 e. The Balaban J connectivity index is 2.41. The second-order valence-electron chi connectivity index (χ2n) is 4.23. The van der Waals surface area contributed by atoms with E-state index in [1.165, 1.54) is 6.07 Å². The molecular weight excluding hydrogens is 334 g/mol. The molecule has 0 aliphatic rings. The van der Waals surface area contributed by atoms with Crippen molar-refractivity contribution in [2.24, 2.45) is 5.73 Å². The molecule has 0 bridgehead atoms. The van der Waals surface area contributed by atoms with Crippen molar-refractivity contribution in [2.45, 2.75) is 32.4 Å². The molecule has 1 rings (SSSR count). The van der Waals surface area contributed by atoms with E-state index >= 15 is 0 Å². The molecule has 1 amide bonds. The Hall–Kier alpha value is -1.21. The van der Waals surface area contributed by atoms with Gasteiger partial charge < -0.3 is 15.8 Å². The van der Waals surface area contributed by atoms with Crippen LogP contribution in [0.1, 0.15) is 24.8 Å². The zero-order chi connectivity index (χ0) is 15.0. The van der Waals surface area contributed by atoms with Gasteiger partial charge in [0, 0.05) is 23.0 Å². The second-order valence-corrected chi connectivity index (χ2v) is 5.15. The van der Waals surface area contributed by atoms with Crippen molar-refractivity contribution < 1.29 is 18.3 Å². The van der Waals surface area contributed by atoms with Crippen molar-refractivity contribution >= 4 is 21.8 Å². The highest BCUT2D eigenvalue weighted by Crippen LogP contribution is 2.24. The van der Waals surface area contributed by atoms with Crippen LogP contribution in [-0.2, 0) is 11.3 Å². The number of unbranched alkanes of at least 4 members (excludes halogenated alkanes) is 1. The number of primary amides is 1. The number of nitrogens with two attached hydrogens (primary N) is 1. The predicted octanol–water partition coefficient (Wildman–Crippen LogP) is 2.80. The molecule has 7 heteroatoms. The molecule has 0 aliphatic heterocycles. The first-order valence-electron chi connectivity index (χ1n) is 6.21. The number of halogens is 3. The molecule has 1 aromatic carbocycles. The second kappa shape index (κ2) is 8.86. The Labute approximate surface area is 124 Å². The minimum atomic E-state index is -2.84. The summed E-state index contributed by atoms with van der Waals surface area (Å²) < 4.78 is 29.8. The largest absolute Gasteiger partial charge is 0.434 e. The van der Waals surface area contributed by atoms with Crippen LogP contribution in [0, 0.1) is 0 Å². The highest BCUT2D eigenvalue weighted by Gasteiger charge is 2.09. The summed E-state index contributed by atoms with van der Waals surface area (Å²) in [5.41, 5.74) is 5.68. The first-order valence-corrected chi connectivity index (χ1v) is 7.00. The number of hydrogen-bond acceptors (Lipinski definition) is 3. The lowest BCUT2D eigenvalue weighted by molar-refractivity contribution is -0.118. The molecule has 0 aromatic heterocycles. The molecule has 0 fully saturated rings. The summed E-state index contributed by atoms with van der Waals surface area (Å²) in [4.78, 5) is 10.5. The van der Waals surface area contributed by atoms with Gasteiger partial charge in [0.1, 0.15) is 5.75 Å². The standard InChI is InChI=1S/C13H17BrF2N2O2/c14-10-4-5-11(20-13(15)16)9(7-10)8-18-6-2-1-3-12(17)19/h4-5,7,13,18H,1-3,6,8H2,(H2,17,19). The van der Waals surface area contributed by atoms with E-state index in [1.54, 1.807) is 12.1 Å². The Kier molecular flexibility index (Phi) is 7.46. The van der Waals surface area contributed by atoms with E-state index in [2.05, 4.69) is 26.0 Å². The normalized spacial score (nSPS) is 10.8. The van der Waals surface area contributed by atoms with Gasteiger partial charge in [0.2, 0.25) is 5.91 Å². The van der Waals surface area contributed by atoms with Crippen LogP contribution in [0.3, 0.4) is 0 Å². The van der Waals surface area contributed by atoms with Crippen molar-refractivity contribution in [3.8, 4) is 5.75 Å². The number of benzene rings is 1. The maximum Gasteiger partial charge on any atom is 0.387 e. The molecule has 112 valence electrons. The maximum atomic E-state index is 12.3. The van der Waals surface area contributed by atoms with E-state index in [0.717, 1.165) is 10.9 Å². The molecule has 0 atom stereocenters. The first-order chi connectivity index (χ1) is 9.49. The van der Waals surface area contributed by atoms with Gasteiger partial charge in [0.05, 0.1) is 0 Å². The van der Waals surface area contributed by atoms with Crippen molar-refractivity contribution in [3.05, 3.63) is 28.2 Å². The summed E-state index contributed by atoms with van der Waals surface area (Å²) in [7, 11) is 0. The van der Waals surface area contributed by atoms with E-state index in [4.69, 9.17) is 5.73 Å². The zero-order valence-electron chi connectivity index (χ0n) is 10.9. The minimum Gasteiger partial charge on any atom is -0.434 e. The average Bonchev–Trinajstić information content (AvgIpc) is 2.35. The third-order valence-corrected chi connectivity index (χ3v) is 3.07. The summed E-state index contributed by atoms with van der Waals surface area (Å²) in [6, 6.07) is 4.88. The quantitative estimate of drug-likeness (QED) is 0.673. The number of alkyl halides is 2. The average molecular weight is 351 g/mol. The topological polar surface area (TPSA) is 64.4 Å². The van der Waals surface area contributed by atoms with Gasteiger partial charge in [-0.2, -0.15) is 8.78 Å². The molecule has 0 heterocycles. The maximum absolute atomic E-state index is 12.3. The van der Waals surface area contributed by atoms with Gasteiger partial charge in [-0.25, -0.2) is 0 Å². The van der Waals surface area contributed by atoms with Crippen molar-refractivity contribution in [1.82, 2.24) is 5.32 Å². The minimum absolute atomic E-state index is 0.160. The molecule has 0 saturated heterocycles. The van der Waals surface area contributed by atoms with E-state index in [1.807, 2.05) is 0 Å². The van der Waals surface area contributed by atoms with E-state index in [0.29, 0.717) is 31.5 Å². The summed E-state index contributed by atoms with van der Waals surface area (Å²) in [5.74, 6) is -0.155. The van der Waals surface area contributed by atoms with Crippen molar-refractivity contribution in [1.29, 1.82) is 0 Å². The zero-order valence-corrected chi connectivity index (χ0v) is 12.5. The fraction of sp³-hybridized carbons (Fsp3) is 0.462. The lowest BCUT2D eigenvalue weighted by Crippen LogP contribution is -2.17. The number of carbonyl (C=O) groups excluding carboxylic acids is 1. The molecule has 1 aromatic rings. The number of amides is 1. The van der Waals surface area contributed by atoms with Crippen LogP contribution in [0.25, 0.3) is 0 Å². The van der Waals surface area contributed by atoms with Crippen LogP contribution in [0.2, 0.25) is 0 Å².